The van der Waals surface area contributed by atoms with E-state index in [9.17, 15) is 0 Å². The number of nitrogens with zero attached hydrogens (tertiary/aromatic N) is 2. The van der Waals surface area contributed by atoms with Crippen LogP contribution in [-0.4, -0.2) is 4.98 Å². The summed E-state index contributed by atoms with van der Waals surface area (Å²) in [5, 5.41) is 6.17. The lowest BCUT2D eigenvalue weighted by atomic mass is 10.0. The molecule has 0 spiro atoms. The average molecular weight is 667 g/mol. The third-order valence-corrected chi connectivity index (χ3v) is 12.4. The first-order valence-electron chi connectivity index (χ1n) is 15.9. The fourth-order valence-electron chi connectivity index (χ4n) is 6.82. The highest BCUT2D eigenvalue weighted by atomic mass is 32.1. The molecule has 0 fully saturated rings. The minimum atomic E-state index is 1.06. The van der Waals surface area contributed by atoms with Crippen LogP contribution in [0.2, 0.25) is 0 Å². The van der Waals surface area contributed by atoms with E-state index < -0.39 is 0 Å². The summed E-state index contributed by atoms with van der Waals surface area (Å²) in [5.74, 6) is 0. The van der Waals surface area contributed by atoms with E-state index in [2.05, 4.69) is 163 Å². The lowest BCUT2D eigenvalue weighted by Gasteiger charge is -2.26. The summed E-state index contributed by atoms with van der Waals surface area (Å²) in [6.07, 6.45) is 0. The molecule has 0 aliphatic carbocycles. The molecule has 2 nitrogen and oxygen atoms in total. The van der Waals surface area contributed by atoms with Crippen molar-refractivity contribution in [2.24, 2.45) is 0 Å². The largest absolute Gasteiger partial charge is 0.310 e. The van der Waals surface area contributed by atoms with Crippen molar-refractivity contribution in [2.45, 2.75) is 0 Å². The number of hydrogen-bond acceptors (Lipinski definition) is 5. The molecule has 5 heteroatoms. The van der Waals surface area contributed by atoms with Crippen LogP contribution in [0.1, 0.15) is 0 Å². The van der Waals surface area contributed by atoms with Crippen molar-refractivity contribution in [3.8, 4) is 21.7 Å². The van der Waals surface area contributed by atoms with Crippen molar-refractivity contribution in [3.63, 3.8) is 0 Å². The van der Waals surface area contributed by atoms with Gasteiger partial charge in [0.05, 0.1) is 10.2 Å². The molecule has 0 radical (unpaired) electrons. The predicted octanol–water partition coefficient (Wildman–Crippen LogP) is 13.8. The Hall–Kier alpha value is -5.33. The molecule has 10 aromatic rings. The van der Waals surface area contributed by atoms with E-state index in [0.717, 1.165) is 33.1 Å². The van der Waals surface area contributed by atoms with Gasteiger partial charge in [0.1, 0.15) is 5.01 Å². The number of thiazole rings is 1. The minimum absolute atomic E-state index is 1.06. The van der Waals surface area contributed by atoms with E-state index in [-0.39, 0.29) is 0 Å². The SMILES string of the molecule is c1ccc(-c2ccc(N(c3ccc4c(c3)sc3ccccc34)c3ccc4sc5ccc6sc(-c7ccccc7)nc6c5c4c3)cc2)cc1. The van der Waals surface area contributed by atoms with Gasteiger partial charge in [0.2, 0.25) is 0 Å². The second-order valence-corrected chi connectivity index (χ2v) is 15.2. The van der Waals surface area contributed by atoms with Crippen molar-refractivity contribution in [2.75, 3.05) is 4.90 Å². The van der Waals surface area contributed by atoms with Crippen LogP contribution < -0.4 is 4.90 Å². The first-order chi connectivity index (χ1) is 23.8. The molecule has 0 bridgehead atoms. The Balaban J connectivity index is 1.17. The molecule has 10 rings (SSSR count). The van der Waals surface area contributed by atoms with Crippen LogP contribution >= 0.6 is 34.0 Å². The summed E-state index contributed by atoms with van der Waals surface area (Å²) in [7, 11) is 0. The van der Waals surface area contributed by atoms with Crippen LogP contribution in [0.15, 0.2) is 158 Å². The van der Waals surface area contributed by atoms with Gasteiger partial charge in [0, 0.05) is 63.0 Å². The number of anilines is 3. The van der Waals surface area contributed by atoms with Gasteiger partial charge in [-0.15, -0.1) is 34.0 Å². The van der Waals surface area contributed by atoms with Crippen molar-refractivity contribution >= 4 is 102 Å². The summed E-state index contributed by atoms with van der Waals surface area (Å²) in [6.45, 7) is 0. The van der Waals surface area contributed by atoms with Gasteiger partial charge in [-0.05, 0) is 71.8 Å². The quantitative estimate of drug-likeness (QED) is 0.182. The zero-order valence-corrected chi connectivity index (χ0v) is 28.1. The Kier molecular flexibility index (Phi) is 6.44. The fourth-order valence-corrected chi connectivity index (χ4v) is 10.0. The molecule has 0 saturated carbocycles. The topological polar surface area (TPSA) is 16.1 Å². The Labute approximate surface area is 289 Å². The maximum Gasteiger partial charge on any atom is 0.124 e. The average Bonchev–Trinajstić information content (AvgIpc) is 3.85. The molecule has 48 heavy (non-hydrogen) atoms. The molecule has 0 saturated heterocycles. The maximum atomic E-state index is 5.23. The molecule has 0 amide bonds. The number of benzene rings is 7. The maximum absolute atomic E-state index is 5.23. The molecule has 0 N–H and O–H groups in total. The van der Waals surface area contributed by atoms with Crippen LogP contribution in [0.4, 0.5) is 17.1 Å². The number of aromatic nitrogens is 1. The first-order valence-corrected chi connectivity index (χ1v) is 18.4. The second-order valence-electron chi connectivity index (χ2n) is 12.0. The zero-order chi connectivity index (χ0) is 31.6. The first kappa shape index (κ1) is 27.8. The monoisotopic (exact) mass is 666 g/mol. The van der Waals surface area contributed by atoms with Gasteiger partial charge >= 0.3 is 0 Å². The molecule has 3 aromatic heterocycles. The predicted molar refractivity (Wildman–Crippen MR) is 211 cm³/mol. The smallest absolute Gasteiger partial charge is 0.124 e. The number of thiophene rings is 2. The van der Waals surface area contributed by atoms with Crippen molar-refractivity contribution in [1.82, 2.24) is 4.98 Å². The second kappa shape index (κ2) is 11.1. The molecule has 0 aliphatic heterocycles. The van der Waals surface area contributed by atoms with E-state index in [1.165, 1.54) is 56.2 Å². The highest BCUT2D eigenvalue weighted by Crippen LogP contribution is 2.45. The summed E-state index contributed by atoms with van der Waals surface area (Å²) in [6, 6.07) is 57.1. The molecular weight excluding hydrogens is 641 g/mol. The molecule has 226 valence electrons. The molecule has 0 unspecified atom stereocenters. The Morgan fingerprint density at radius 3 is 1.79 bits per heavy atom. The number of hydrogen-bond donors (Lipinski definition) is 0. The standard InChI is InChI=1S/C43H26N2S3/c1-3-9-27(10-4-1)28-15-17-30(18-16-28)45(32-19-21-34-33-13-7-8-14-36(33)47-40(34)26-32)31-20-22-37-35(25-31)41-38(46-37)23-24-39-42(41)44-43(48-39)29-11-5-2-6-12-29/h1-26H. The molecule has 0 aliphatic rings. The molecule has 7 aromatic carbocycles. The van der Waals surface area contributed by atoms with Gasteiger partial charge in [0.15, 0.2) is 0 Å². The highest BCUT2D eigenvalue weighted by molar-refractivity contribution is 7.26. The Morgan fingerprint density at radius 2 is 0.958 bits per heavy atom. The Bertz CT molecular complexity index is 2770. The van der Waals surface area contributed by atoms with Gasteiger partial charge in [-0.1, -0.05) is 97.1 Å². The van der Waals surface area contributed by atoms with Crippen LogP contribution in [0.5, 0.6) is 0 Å². The summed E-state index contributed by atoms with van der Waals surface area (Å²) >= 11 is 5.47. The van der Waals surface area contributed by atoms with Gasteiger partial charge in [0.25, 0.3) is 0 Å². The Morgan fingerprint density at radius 1 is 0.375 bits per heavy atom. The third kappa shape index (κ3) is 4.54. The van der Waals surface area contributed by atoms with Crippen molar-refractivity contribution < 1.29 is 0 Å². The van der Waals surface area contributed by atoms with Crippen molar-refractivity contribution in [3.05, 3.63) is 158 Å². The number of fused-ring (bicyclic) bond motifs is 8. The van der Waals surface area contributed by atoms with E-state index in [1.807, 2.05) is 22.7 Å². The van der Waals surface area contributed by atoms with E-state index in [4.69, 9.17) is 4.98 Å². The van der Waals surface area contributed by atoms with Crippen LogP contribution in [-0.2, 0) is 0 Å². The van der Waals surface area contributed by atoms with Gasteiger partial charge in [-0.2, -0.15) is 0 Å². The van der Waals surface area contributed by atoms with Gasteiger partial charge in [-0.25, -0.2) is 4.98 Å². The lowest BCUT2D eigenvalue weighted by molar-refractivity contribution is 1.30. The van der Waals surface area contributed by atoms with E-state index >= 15 is 0 Å². The lowest BCUT2D eigenvalue weighted by Crippen LogP contribution is -2.09. The minimum Gasteiger partial charge on any atom is -0.310 e. The molecule has 0 atom stereocenters. The van der Waals surface area contributed by atoms with Crippen LogP contribution in [0.25, 0.3) is 72.3 Å². The number of rotatable bonds is 5. The van der Waals surface area contributed by atoms with Crippen LogP contribution in [0, 0.1) is 0 Å². The highest BCUT2D eigenvalue weighted by Gasteiger charge is 2.19. The summed E-state index contributed by atoms with van der Waals surface area (Å²) < 4.78 is 6.37. The van der Waals surface area contributed by atoms with Crippen LogP contribution in [0.3, 0.4) is 0 Å². The fraction of sp³-hybridized carbons (Fsp3) is 0. The van der Waals surface area contributed by atoms with E-state index in [0.29, 0.717) is 0 Å². The summed E-state index contributed by atoms with van der Waals surface area (Å²) in [4.78, 5) is 7.63. The van der Waals surface area contributed by atoms with Gasteiger partial charge < -0.3 is 4.90 Å². The molecule has 3 heterocycles. The molecular formula is C43H26N2S3. The third-order valence-electron chi connectivity index (χ3n) is 9.11. The normalized spacial score (nSPS) is 11.8. The van der Waals surface area contributed by atoms with Gasteiger partial charge in [-0.3, -0.25) is 0 Å². The van der Waals surface area contributed by atoms with E-state index in [1.54, 1.807) is 11.3 Å². The zero-order valence-electron chi connectivity index (χ0n) is 25.6. The van der Waals surface area contributed by atoms with Crippen molar-refractivity contribution in [1.29, 1.82) is 0 Å². The summed E-state index contributed by atoms with van der Waals surface area (Å²) in [5.41, 5.74) is 8.07.